The summed E-state index contributed by atoms with van der Waals surface area (Å²) in [4.78, 5) is 24.4. The van der Waals surface area contributed by atoms with Gasteiger partial charge in [0.2, 0.25) is 0 Å². The zero-order valence-electron chi connectivity index (χ0n) is 27.0. The number of halogens is 9. The number of carbonyl (C=O) groups excluding carboxylic acids is 1. The molecular formula is C35H45F9O4. The summed E-state index contributed by atoms with van der Waals surface area (Å²) in [6.45, 7) is 2.13. The number of fused-ring (bicyclic) bond motifs is 5. The van der Waals surface area contributed by atoms with Gasteiger partial charge in [0.05, 0.1) is 5.92 Å². The molecule has 0 radical (unpaired) electrons. The number of hydrogen-bond donors (Lipinski definition) is 2. The van der Waals surface area contributed by atoms with Crippen LogP contribution in [0.1, 0.15) is 120 Å². The molecule has 4 nitrogen and oxygen atoms in total. The van der Waals surface area contributed by atoms with Crippen LogP contribution in [0.25, 0.3) is 0 Å². The molecule has 0 spiro atoms. The Morgan fingerprint density at radius 2 is 1.52 bits per heavy atom. The van der Waals surface area contributed by atoms with Gasteiger partial charge in [0.1, 0.15) is 11.5 Å². The van der Waals surface area contributed by atoms with Crippen LogP contribution in [0, 0.1) is 29.1 Å². The van der Waals surface area contributed by atoms with E-state index >= 15 is 0 Å². The normalized spacial score (nSPS) is 26.9. The average molecular weight is 701 g/mol. The van der Waals surface area contributed by atoms with Crippen LogP contribution in [0.2, 0.25) is 0 Å². The smallest absolute Gasteiger partial charge is 0.460 e. The topological polar surface area (TPSA) is 74.6 Å². The third-order valence-corrected chi connectivity index (χ3v) is 11.6. The lowest BCUT2D eigenvalue weighted by Crippen LogP contribution is -2.60. The highest BCUT2D eigenvalue weighted by atomic mass is 19.4. The van der Waals surface area contributed by atoms with Gasteiger partial charge in [-0.15, -0.1) is 0 Å². The van der Waals surface area contributed by atoms with Gasteiger partial charge in [0.15, 0.2) is 0 Å². The molecule has 2 N–H and O–H groups in total. The molecule has 1 aromatic rings. The minimum Gasteiger partial charge on any atom is -0.508 e. The van der Waals surface area contributed by atoms with Gasteiger partial charge in [-0.05, 0) is 98.3 Å². The summed E-state index contributed by atoms with van der Waals surface area (Å²) in [6, 6.07) is 5.65. The summed E-state index contributed by atoms with van der Waals surface area (Å²) in [5.74, 6) is -19.8. The number of carbonyl (C=O) groups is 2. The molecule has 272 valence electrons. The number of rotatable bonds is 16. The van der Waals surface area contributed by atoms with Crippen molar-refractivity contribution in [1.82, 2.24) is 0 Å². The number of benzene rings is 1. The van der Waals surface area contributed by atoms with Crippen LogP contribution in [0.5, 0.6) is 5.75 Å². The zero-order valence-corrected chi connectivity index (χ0v) is 27.0. The highest BCUT2D eigenvalue weighted by Crippen LogP contribution is 2.62. The number of carboxylic acid groups (broad SMARTS) is 1. The molecule has 0 amide bonds. The van der Waals surface area contributed by atoms with Crippen molar-refractivity contribution in [3.8, 4) is 5.75 Å². The first kappa shape index (κ1) is 38.3. The SMILES string of the molecule is C[C@]12CC[C@@H]3c4ccc(O)cc4C[C@@H](CCCCCCCC[C@@H](CCCC(F)(F)C(F)(F)C(F)(F)C(F)(F)F)C(=O)O)[C@H]3[C@@H]1CCC2=O. The van der Waals surface area contributed by atoms with E-state index < -0.39 is 55.1 Å². The summed E-state index contributed by atoms with van der Waals surface area (Å²) >= 11 is 0. The molecule has 13 heteroatoms. The molecule has 48 heavy (non-hydrogen) atoms. The van der Waals surface area contributed by atoms with E-state index in [9.17, 15) is 59.3 Å². The lowest BCUT2D eigenvalue weighted by Gasteiger charge is -2.51. The zero-order chi connectivity index (χ0) is 35.7. The van der Waals surface area contributed by atoms with E-state index in [-0.39, 0.29) is 17.6 Å². The first-order valence-electron chi connectivity index (χ1n) is 17.0. The maximum absolute atomic E-state index is 13.8. The lowest BCUT2D eigenvalue weighted by atomic mass is 9.52. The largest absolute Gasteiger partial charge is 0.508 e. The highest BCUT2D eigenvalue weighted by Gasteiger charge is 2.81. The minimum atomic E-state index is -6.95. The van der Waals surface area contributed by atoms with Crippen molar-refractivity contribution in [2.45, 2.75) is 140 Å². The van der Waals surface area contributed by atoms with Crippen molar-refractivity contribution in [3.05, 3.63) is 29.3 Å². The van der Waals surface area contributed by atoms with E-state index in [1.807, 2.05) is 12.1 Å². The molecule has 2 saturated carbocycles. The van der Waals surface area contributed by atoms with Crippen LogP contribution in [-0.2, 0) is 16.0 Å². The van der Waals surface area contributed by atoms with Crippen molar-refractivity contribution in [2.24, 2.45) is 29.1 Å². The molecule has 0 aliphatic heterocycles. The van der Waals surface area contributed by atoms with Crippen LogP contribution in [0.15, 0.2) is 18.2 Å². The number of carboxylic acids is 1. The molecule has 3 aliphatic rings. The first-order valence-corrected chi connectivity index (χ1v) is 17.0. The Morgan fingerprint density at radius 1 is 0.896 bits per heavy atom. The Morgan fingerprint density at radius 3 is 2.17 bits per heavy atom. The van der Waals surface area contributed by atoms with Gasteiger partial charge in [-0.25, -0.2) is 0 Å². The van der Waals surface area contributed by atoms with E-state index in [1.165, 1.54) is 11.1 Å². The third-order valence-electron chi connectivity index (χ3n) is 11.6. The predicted octanol–water partition coefficient (Wildman–Crippen LogP) is 10.5. The standard InChI is InChI=1S/C35H45F9O4/c1-31-18-16-26-25-13-12-24(45)20-23(25)19-22(29(26)27(31)14-15-28(31)46)10-7-5-3-2-4-6-9-21(30(47)48)11-8-17-32(36,37)33(38,39)34(40,41)35(42,43)44/h12-13,20-22,26-27,29,45H,2-11,14-19H2,1H3,(H,47,48)/t21-,22+,26+,27-,29+,31-/m0/s1. The maximum atomic E-state index is 13.8. The molecule has 2 fully saturated rings. The number of unbranched alkanes of at least 4 members (excludes halogenated alkanes) is 5. The van der Waals surface area contributed by atoms with E-state index in [4.69, 9.17) is 0 Å². The van der Waals surface area contributed by atoms with Crippen molar-refractivity contribution in [3.63, 3.8) is 0 Å². The Hall–Kier alpha value is -2.47. The fourth-order valence-electron chi connectivity index (χ4n) is 8.86. The minimum absolute atomic E-state index is 0.0340. The van der Waals surface area contributed by atoms with E-state index in [2.05, 4.69) is 6.92 Å². The molecule has 0 unspecified atom stereocenters. The molecule has 0 saturated heterocycles. The monoisotopic (exact) mass is 700 g/mol. The molecular weight excluding hydrogens is 655 g/mol. The van der Waals surface area contributed by atoms with E-state index in [0.29, 0.717) is 48.7 Å². The third kappa shape index (κ3) is 7.49. The summed E-state index contributed by atoms with van der Waals surface area (Å²) < 4.78 is 118. The Labute approximate surface area is 274 Å². The second-order valence-electron chi connectivity index (χ2n) is 14.5. The van der Waals surface area contributed by atoms with Gasteiger partial charge >= 0.3 is 29.9 Å². The number of phenolic OH excluding ortho intramolecular Hbond substituents is 1. The average Bonchev–Trinajstić information content (AvgIpc) is 3.29. The van der Waals surface area contributed by atoms with Gasteiger partial charge in [0.25, 0.3) is 0 Å². The van der Waals surface area contributed by atoms with Crippen molar-refractivity contribution in [2.75, 3.05) is 0 Å². The molecule has 1 aromatic carbocycles. The fraction of sp³-hybridized carbons (Fsp3) is 0.771. The van der Waals surface area contributed by atoms with Gasteiger partial charge in [-0.2, -0.15) is 39.5 Å². The number of alkyl halides is 9. The van der Waals surface area contributed by atoms with Crippen LogP contribution in [0.3, 0.4) is 0 Å². The molecule has 0 bridgehead atoms. The van der Waals surface area contributed by atoms with Crippen molar-refractivity contribution < 1.29 is 59.3 Å². The van der Waals surface area contributed by atoms with Crippen molar-refractivity contribution >= 4 is 11.8 Å². The van der Waals surface area contributed by atoms with E-state index in [0.717, 1.165) is 57.8 Å². The lowest BCUT2D eigenvalue weighted by molar-refractivity contribution is -0.396. The van der Waals surface area contributed by atoms with E-state index in [1.54, 1.807) is 6.07 Å². The molecule has 3 aliphatic carbocycles. The molecule has 4 rings (SSSR count). The summed E-state index contributed by atoms with van der Waals surface area (Å²) in [6.07, 6.45) is -0.607. The van der Waals surface area contributed by atoms with Gasteiger partial charge in [0, 0.05) is 18.3 Å². The number of Topliss-reactive ketones (excluding diaryl/α,β-unsaturated/α-hetero) is 1. The highest BCUT2D eigenvalue weighted by molar-refractivity contribution is 5.87. The summed E-state index contributed by atoms with van der Waals surface area (Å²) in [7, 11) is 0. The maximum Gasteiger partial charge on any atom is 0.460 e. The molecule has 0 heterocycles. The number of phenols is 1. The van der Waals surface area contributed by atoms with Gasteiger partial charge < -0.3 is 10.2 Å². The van der Waals surface area contributed by atoms with Crippen LogP contribution < -0.4 is 0 Å². The summed E-state index contributed by atoms with van der Waals surface area (Å²) in [5, 5.41) is 19.5. The quantitative estimate of drug-likeness (QED) is 0.133. The number of aliphatic carboxylic acids is 1. The molecule has 6 atom stereocenters. The Bertz CT molecular complexity index is 1300. The second kappa shape index (κ2) is 14.4. The van der Waals surface area contributed by atoms with Gasteiger partial charge in [-0.1, -0.05) is 51.5 Å². The molecule has 0 aromatic heterocycles. The predicted molar refractivity (Wildman–Crippen MR) is 159 cm³/mol. The van der Waals surface area contributed by atoms with Gasteiger partial charge in [-0.3, -0.25) is 9.59 Å². The number of ketones is 1. The van der Waals surface area contributed by atoms with Crippen LogP contribution in [-0.4, -0.2) is 45.9 Å². The van der Waals surface area contributed by atoms with Crippen LogP contribution >= 0.6 is 0 Å². The fourth-order valence-corrected chi connectivity index (χ4v) is 8.86. The summed E-state index contributed by atoms with van der Waals surface area (Å²) in [5.41, 5.74) is 2.21. The first-order chi connectivity index (χ1) is 22.2. The Balaban J connectivity index is 1.21. The van der Waals surface area contributed by atoms with Crippen LogP contribution in [0.4, 0.5) is 39.5 Å². The number of aromatic hydroxyl groups is 1. The van der Waals surface area contributed by atoms with Crippen molar-refractivity contribution in [1.29, 1.82) is 0 Å². The number of hydrogen-bond acceptors (Lipinski definition) is 3. The Kier molecular flexibility index (Phi) is 11.5. The second-order valence-corrected chi connectivity index (χ2v) is 14.5.